The molecule has 22 heavy (non-hydrogen) atoms. The average Bonchev–Trinajstić information content (AvgIpc) is 2.90. The second-order valence-electron chi connectivity index (χ2n) is 5.47. The molecule has 2 N–H and O–H groups in total. The van der Waals surface area contributed by atoms with E-state index in [4.69, 9.17) is 4.74 Å². The quantitative estimate of drug-likeness (QED) is 0.728. The molecule has 1 saturated heterocycles. The summed E-state index contributed by atoms with van der Waals surface area (Å²) in [5, 5.41) is 18.9. The average molecular weight is 329 g/mol. The minimum Gasteiger partial charge on any atom is -0.494 e. The SMILES string of the molecule is CCCCOc1ccc(S(=O)(=O)N2C[C@H](O)C[C@@H]2CO)cc1. The van der Waals surface area contributed by atoms with E-state index >= 15 is 0 Å². The summed E-state index contributed by atoms with van der Waals surface area (Å²) in [4.78, 5) is 0.142. The number of aliphatic hydroxyl groups is 2. The molecule has 0 spiro atoms. The molecule has 1 aliphatic rings. The summed E-state index contributed by atoms with van der Waals surface area (Å²) >= 11 is 0. The predicted octanol–water partition coefficient (Wildman–Crippen LogP) is 0.982. The lowest BCUT2D eigenvalue weighted by Gasteiger charge is -2.22. The van der Waals surface area contributed by atoms with Crippen molar-refractivity contribution >= 4 is 10.0 Å². The van der Waals surface area contributed by atoms with E-state index < -0.39 is 22.2 Å². The van der Waals surface area contributed by atoms with Gasteiger partial charge in [-0.25, -0.2) is 8.42 Å². The fraction of sp³-hybridized carbons (Fsp3) is 0.600. The van der Waals surface area contributed by atoms with E-state index in [2.05, 4.69) is 6.92 Å². The zero-order valence-corrected chi connectivity index (χ0v) is 13.5. The third-order valence-corrected chi connectivity index (χ3v) is 5.68. The number of unbranched alkanes of at least 4 members (excludes halogenated alkanes) is 1. The van der Waals surface area contributed by atoms with Gasteiger partial charge < -0.3 is 14.9 Å². The number of ether oxygens (including phenoxy) is 1. The van der Waals surface area contributed by atoms with E-state index in [-0.39, 0.29) is 24.5 Å². The van der Waals surface area contributed by atoms with Gasteiger partial charge in [-0.3, -0.25) is 0 Å². The van der Waals surface area contributed by atoms with E-state index in [1.165, 1.54) is 16.4 Å². The van der Waals surface area contributed by atoms with Gasteiger partial charge in [0.15, 0.2) is 0 Å². The summed E-state index contributed by atoms with van der Waals surface area (Å²) in [6, 6.07) is 5.68. The van der Waals surface area contributed by atoms with Crippen LogP contribution in [0.25, 0.3) is 0 Å². The zero-order valence-electron chi connectivity index (χ0n) is 12.7. The van der Waals surface area contributed by atoms with Gasteiger partial charge in [0.1, 0.15) is 5.75 Å². The molecule has 1 heterocycles. The highest BCUT2D eigenvalue weighted by Crippen LogP contribution is 2.27. The highest BCUT2D eigenvalue weighted by Gasteiger charge is 2.39. The van der Waals surface area contributed by atoms with E-state index in [0.29, 0.717) is 12.4 Å². The Balaban J connectivity index is 2.12. The molecule has 7 heteroatoms. The Morgan fingerprint density at radius 1 is 1.32 bits per heavy atom. The number of β-amino-alcohol motifs (C(OH)–C–C–N with tert-alkyl or cyclic N) is 1. The van der Waals surface area contributed by atoms with Crippen LogP contribution in [0.3, 0.4) is 0 Å². The molecular formula is C15H23NO5S. The molecule has 0 saturated carbocycles. The molecule has 2 atom stereocenters. The Bertz CT molecular complexity index is 572. The molecule has 1 fully saturated rings. The fourth-order valence-corrected chi connectivity index (χ4v) is 4.16. The van der Waals surface area contributed by atoms with Crippen LogP contribution in [-0.4, -0.2) is 54.8 Å². The topological polar surface area (TPSA) is 87.1 Å². The number of sulfonamides is 1. The highest BCUT2D eigenvalue weighted by atomic mass is 32.2. The predicted molar refractivity (Wildman–Crippen MR) is 82.2 cm³/mol. The van der Waals surface area contributed by atoms with Gasteiger partial charge in [0.25, 0.3) is 0 Å². The van der Waals surface area contributed by atoms with Crippen molar-refractivity contribution in [2.45, 2.75) is 43.2 Å². The first-order valence-electron chi connectivity index (χ1n) is 7.52. The monoisotopic (exact) mass is 329 g/mol. The molecule has 0 unspecified atom stereocenters. The van der Waals surface area contributed by atoms with Crippen LogP contribution in [0.5, 0.6) is 5.75 Å². The maximum Gasteiger partial charge on any atom is 0.243 e. The first-order valence-corrected chi connectivity index (χ1v) is 8.96. The van der Waals surface area contributed by atoms with Crippen LogP contribution >= 0.6 is 0 Å². The molecule has 2 rings (SSSR count). The van der Waals surface area contributed by atoms with Crippen LogP contribution in [0.2, 0.25) is 0 Å². The Morgan fingerprint density at radius 3 is 2.59 bits per heavy atom. The number of benzene rings is 1. The van der Waals surface area contributed by atoms with Gasteiger partial charge in [0.05, 0.1) is 30.3 Å². The van der Waals surface area contributed by atoms with Gasteiger partial charge in [-0.2, -0.15) is 4.31 Å². The number of nitrogens with zero attached hydrogens (tertiary/aromatic N) is 1. The van der Waals surface area contributed by atoms with Crippen LogP contribution in [0.4, 0.5) is 0 Å². The fourth-order valence-electron chi connectivity index (χ4n) is 2.50. The number of rotatable bonds is 7. The van der Waals surface area contributed by atoms with Crippen molar-refractivity contribution in [2.24, 2.45) is 0 Å². The van der Waals surface area contributed by atoms with E-state index in [1.54, 1.807) is 12.1 Å². The molecule has 0 radical (unpaired) electrons. The van der Waals surface area contributed by atoms with Crippen LogP contribution in [0, 0.1) is 0 Å². The van der Waals surface area contributed by atoms with Crippen molar-refractivity contribution in [2.75, 3.05) is 19.8 Å². The van der Waals surface area contributed by atoms with E-state index in [9.17, 15) is 18.6 Å². The summed E-state index contributed by atoms with van der Waals surface area (Å²) in [7, 11) is -3.72. The summed E-state index contributed by atoms with van der Waals surface area (Å²) in [5.74, 6) is 0.632. The van der Waals surface area contributed by atoms with Crippen molar-refractivity contribution in [3.8, 4) is 5.75 Å². The molecule has 0 bridgehead atoms. The van der Waals surface area contributed by atoms with Crippen molar-refractivity contribution in [3.63, 3.8) is 0 Å². The first-order chi connectivity index (χ1) is 10.5. The van der Waals surface area contributed by atoms with Crippen LogP contribution in [0.15, 0.2) is 29.2 Å². The van der Waals surface area contributed by atoms with E-state index in [1.807, 2.05) is 0 Å². The van der Waals surface area contributed by atoms with E-state index in [0.717, 1.165) is 12.8 Å². The van der Waals surface area contributed by atoms with Crippen LogP contribution in [-0.2, 0) is 10.0 Å². The lowest BCUT2D eigenvalue weighted by Crippen LogP contribution is -2.37. The van der Waals surface area contributed by atoms with Gasteiger partial charge in [-0.15, -0.1) is 0 Å². The number of hydrogen-bond acceptors (Lipinski definition) is 5. The van der Waals surface area contributed by atoms with Crippen molar-refractivity contribution < 1.29 is 23.4 Å². The van der Waals surface area contributed by atoms with Crippen molar-refractivity contribution in [1.29, 1.82) is 0 Å². The molecule has 1 aromatic rings. The van der Waals surface area contributed by atoms with Gasteiger partial charge in [0, 0.05) is 6.54 Å². The molecule has 1 aliphatic heterocycles. The van der Waals surface area contributed by atoms with Crippen molar-refractivity contribution in [3.05, 3.63) is 24.3 Å². The summed E-state index contributed by atoms with van der Waals surface area (Å²) in [6.45, 7) is 2.39. The Hall–Kier alpha value is -1.15. The second kappa shape index (κ2) is 7.41. The van der Waals surface area contributed by atoms with Gasteiger partial charge in [0.2, 0.25) is 10.0 Å². The smallest absolute Gasteiger partial charge is 0.243 e. The molecule has 0 aromatic heterocycles. The Kier molecular flexibility index (Phi) is 5.80. The van der Waals surface area contributed by atoms with Crippen LogP contribution < -0.4 is 4.74 Å². The first kappa shape index (κ1) is 17.2. The third-order valence-electron chi connectivity index (χ3n) is 3.75. The molecular weight excluding hydrogens is 306 g/mol. The standard InChI is InChI=1S/C15H23NO5S/c1-2-3-8-21-14-4-6-15(7-5-14)22(19,20)16-10-13(18)9-12(16)11-17/h4-7,12-13,17-18H,2-3,8-11H2,1H3/t12-,13-/m1/s1. The normalized spacial score (nSPS) is 22.9. The Labute approximate surface area is 131 Å². The second-order valence-corrected chi connectivity index (χ2v) is 7.36. The van der Waals surface area contributed by atoms with Gasteiger partial charge >= 0.3 is 0 Å². The largest absolute Gasteiger partial charge is 0.494 e. The van der Waals surface area contributed by atoms with Crippen LogP contribution in [0.1, 0.15) is 26.2 Å². The summed E-state index contributed by atoms with van der Waals surface area (Å²) in [6.07, 6.45) is 1.51. The van der Waals surface area contributed by atoms with Gasteiger partial charge in [-0.05, 0) is 37.1 Å². The lowest BCUT2D eigenvalue weighted by molar-refractivity contribution is 0.184. The van der Waals surface area contributed by atoms with Gasteiger partial charge in [-0.1, -0.05) is 13.3 Å². The number of hydrogen-bond donors (Lipinski definition) is 2. The molecule has 1 aromatic carbocycles. The maximum atomic E-state index is 12.6. The third kappa shape index (κ3) is 3.78. The Morgan fingerprint density at radius 2 is 2.00 bits per heavy atom. The minimum absolute atomic E-state index is 0.0162. The zero-order chi connectivity index (χ0) is 16.2. The molecule has 124 valence electrons. The van der Waals surface area contributed by atoms with Crippen molar-refractivity contribution in [1.82, 2.24) is 4.31 Å². The number of aliphatic hydroxyl groups excluding tert-OH is 2. The minimum atomic E-state index is -3.72. The molecule has 6 nitrogen and oxygen atoms in total. The maximum absolute atomic E-state index is 12.6. The highest BCUT2D eigenvalue weighted by molar-refractivity contribution is 7.89. The molecule has 0 aliphatic carbocycles. The lowest BCUT2D eigenvalue weighted by atomic mass is 10.2. The molecule has 0 amide bonds. The summed E-state index contributed by atoms with van der Waals surface area (Å²) in [5.41, 5.74) is 0. The summed E-state index contributed by atoms with van der Waals surface area (Å²) < 4.78 is 31.8.